The summed E-state index contributed by atoms with van der Waals surface area (Å²) in [5.41, 5.74) is 2.15. The van der Waals surface area contributed by atoms with Gasteiger partial charge >= 0.3 is 0 Å². The van der Waals surface area contributed by atoms with Gasteiger partial charge in [0.2, 0.25) is 0 Å². The predicted molar refractivity (Wildman–Crippen MR) is 61.2 cm³/mol. The topological polar surface area (TPSA) is 20.2 Å². The van der Waals surface area contributed by atoms with Gasteiger partial charge < -0.3 is 5.11 Å². The van der Waals surface area contributed by atoms with Crippen molar-refractivity contribution in [2.75, 3.05) is 0 Å². The molecule has 1 nitrogen and oxygen atoms in total. The molecule has 0 saturated carbocycles. The zero-order valence-electron chi connectivity index (χ0n) is 9.95. The number of rotatable bonds is 0. The van der Waals surface area contributed by atoms with Gasteiger partial charge in [0.05, 0.1) is 0 Å². The molecule has 76 valence electrons. The van der Waals surface area contributed by atoms with E-state index in [1.54, 1.807) is 6.92 Å². The third-order valence-corrected chi connectivity index (χ3v) is 3.02. The van der Waals surface area contributed by atoms with E-state index in [2.05, 4.69) is 31.1 Å². The molecular weight excluding hydrogens is 176 g/mol. The largest absolute Gasteiger partial charge is 0.377 e. The van der Waals surface area contributed by atoms with Gasteiger partial charge in [-0.3, -0.25) is 0 Å². The van der Waals surface area contributed by atoms with Crippen molar-refractivity contribution < 1.29 is 5.11 Å². The second-order valence-corrected chi connectivity index (χ2v) is 10.6. The molecule has 1 N–H and O–H groups in total. The maximum Gasteiger partial charge on any atom is 0.129 e. The molecule has 0 saturated heterocycles. The fourth-order valence-electron chi connectivity index (χ4n) is 0.497. The van der Waals surface area contributed by atoms with E-state index in [0.717, 1.165) is 0 Å². The summed E-state index contributed by atoms with van der Waals surface area (Å²) in [6.45, 7) is 14.3. The van der Waals surface area contributed by atoms with Crippen molar-refractivity contribution in [2.24, 2.45) is 5.41 Å². The van der Waals surface area contributed by atoms with Gasteiger partial charge in [-0.1, -0.05) is 46.3 Å². The van der Waals surface area contributed by atoms with Crippen molar-refractivity contribution in [1.29, 1.82) is 0 Å². The Morgan fingerprint density at radius 1 is 1.00 bits per heavy atom. The number of aliphatic hydroxyl groups is 1. The molecule has 0 unspecified atom stereocenters. The zero-order valence-corrected chi connectivity index (χ0v) is 10.9. The minimum atomic E-state index is -1.37. The molecule has 2 heteroatoms. The van der Waals surface area contributed by atoms with Crippen LogP contribution < -0.4 is 0 Å². The summed E-state index contributed by atoms with van der Waals surface area (Å²) >= 11 is 0. The lowest BCUT2D eigenvalue weighted by Crippen LogP contribution is -2.38. The fraction of sp³-hybridized carbons (Fsp3) is 0.818. The molecule has 1 atom stereocenters. The maximum atomic E-state index is 10.1. The molecule has 0 aliphatic rings. The van der Waals surface area contributed by atoms with Gasteiger partial charge in [-0.05, 0) is 6.92 Å². The highest BCUT2D eigenvalue weighted by molar-refractivity contribution is 6.83. The lowest BCUT2D eigenvalue weighted by Gasteiger charge is -2.32. The molecule has 0 aromatic rings. The van der Waals surface area contributed by atoms with E-state index in [-0.39, 0.29) is 5.41 Å². The minimum Gasteiger partial charge on any atom is -0.377 e. The van der Waals surface area contributed by atoms with Crippen LogP contribution in [0.15, 0.2) is 0 Å². The average molecular weight is 198 g/mol. The monoisotopic (exact) mass is 198 g/mol. The predicted octanol–water partition coefficient (Wildman–Crippen LogP) is 2.66. The first kappa shape index (κ1) is 12.7. The molecule has 0 aromatic carbocycles. The van der Waals surface area contributed by atoms with Gasteiger partial charge in [-0.2, -0.15) is 0 Å². The highest BCUT2D eigenvalue weighted by Gasteiger charge is 2.33. The molecule has 0 rings (SSSR count). The second-order valence-electron chi connectivity index (χ2n) is 5.82. The molecule has 0 aliphatic heterocycles. The highest BCUT2D eigenvalue weighted by atomic mass is 28.3. The Labute approximate surface area is 83.6 Å². The number of hydrogen-bond acceptors (Lipinski definition) is 1. The van der Waals surface area contributed by atoms with Crippen LogP contribution in [0.25, 0.3) is 0 Å². The zero-order chi connectivity index (χ0) is 10.9. The van der Waals surface area contributed by atoms with Gasteiger partial charge in [0.25, 0.3) is 0 Å². The summed E-state index contributed by atoms with van der Waals surface area (Å²) in [4.78, 5) is 0. The number of hydrogen-bond donors (Lipinski definition) is 1. The maximum absolute atomic E-state index is 10.1. The quantitative estimate of drug-likeness (QED) is 0.469. The molecular formula is C11H22OSi. The first-order valence-corrected chi connectivity index (χ1v) is 8.22. The van der Waals surface area contributed by atoms with Gasteiger partial charge in [0.1, 0.15) is 13.7 Å². The summed E-state index contributed by atoms with van der Waals surface area (Å²) in [6, 6.07) is 0. The van der Waals surface area contributed by atoms with Crippen molar-refractivity contribution in [3.63, 3.8) is 0 Å². The first-order chi connectivity index (χ1) is 5.46. The molecule has 0 radical (unpaired) electrons. The third-order valence-electron chi connectivity index (χ3n) is 2.14. The molecule has 0 bridgehead atoms. The first-order valence-electron chi connectivity index (χ1n) is 4.72. The Morgan fingerprint density at radius 3 is 1.62 bits per heavy atom. The van der Waals surface area contributed by atoms with E-state index in [0.29, 0.717) is 0 Å². The summed E-state index contributed by atoms with van der Waals surface area (Å²) < 4.78 is 0. The van der Waals surface area contributed by atoms with Gasteiger partial charge in [0, 0.05) is 5.41 Å². The minimum absolute atomic E-state index is 0.181. The average Bonchev–Trinajstić information content (AvgIpc) is 1.79. The summed E-state index contributed by atoms with van der Waals surface area (Å²) in [6.07, 6.45) is 0. The van der Waals surface area contributed by atoms with E-state index in [1.807, 2.05) is 20.8 Å². The summed E-state index contributed by atoms with van der Waals surface area (Å²) in [5.74, 6) is 3.01. The molecule has 0 amide bonds. The second kappa shape index (κ2) is 3.47. The van der Waals surface area contributed by atoms with Gasteiger partial charge in [0.15, 0.2) is 0 Å². The molecule has 0 heterocycles. The summed E-state index contributed by atoms with van der Waals surface area (Å²) in [7, 11) is -1.37. The van der Waals surface area contributed by atoms with E-state index in [1.165, 1.54) is 0 Å². The lowest BCUT2D eigenvalue weighted by atomic mass is 9.78. The van der Waals surface area contributed by atoms with Crippen LogP contribution in [0, 0.1) is 16.9 Å². The lowest BCUT2D eigenvalue weighted by molar-refractivity contribution is 0.0129. The van der Waals surface area contributed by atoms with E-state index < -0.39 is 13.7 Å². The van der Waals surface area contributed by atoms with Crippen LogP contribution in [-0.2, 0) is 0 Å². The summed E-state index contributed by atoms with van der Waals surface area (Å²) in [5, 5.41) is 10.1. The Morgan fingerprint density at radius 2 is 1.38 bits per heavy atom. The molecule has 0 fully saturated rings. The van der Waals surface area contributed by atoms with Crippen molar-refractivity contribution >= 4 is 8.07 Å². The van der Waals surface area contributed by atoms with Crippen LogP contribution in [-0.4, -0.2) is 18.8 Å². The van der Waals surface area contributed by atoms with Crippen molar-refractivity contribution in [2.45, 2.75) is 52.9 Å². The van der Waals surface area contributed by atoms with Crippen molar-refractivity contribution in [1.82, 2.24) is 0 Å². The van der Waals surface area contributed by atoms with Crippen LogP contribution in [0.5, 0.6) is 0 Å². The Kier molecular flexibility index (Phi) is 3.40. The van der Waals surface area contributed by atoms with E-state index in [4.69, 9.17) is 0 Å². The Hall–Kier alpha value is -0.263. The Bertz CT molecular complexity index is 230. The van der Waals surface area contributed by atoms with Gasteiger partial charge in [-0.15, -0.1) is 5.54 Å². The molecule has 0 aliphatic carbocycles. The van der Waals surface area contributed by atoms with Crippen molar-refractivity contribution in [3.8, 4) is 11.5 Å². The highest BCUT2D eigenvalue weighted by Crippen LogP contribution is 2.29. The van der Waals surface area contributed by atoms with Crippen molar-refractivity contribution in [3.05, 3.63) is 0 Å². The third kappa shape index (κ3) is 4.49. The van der Waals surface area contributed by atoms with Gasteiger partial charge in [-0.25, -0.2) is 0 Å². The SMILES string of the molecule is CC(C)(C)[C@@](C)(O)C#C[Si](C)(C)C. The van der Waals surface area contributed by atoms with Crippen LogP contribution in [0.3, 0.4) is 0 Å². The molecule has 13 heavy (non-hydrogen) atoms. The van der Waals surface area contributed by atoms with E-state index in [9.17, 15) is 5.11 Å². The van der Waals surface area contributed by atoms with Crippen LogP contribution >= 0.6 is 0 Å². The molecule has 0 spiro atoms. The molecule has 0 aromatic heterocycles. The standard InChI is InChI=1S/C11H22OSi/c1-10(2,3)11(4,12)8-9-13(5,6)7/h12H,1-7H3/t11-/m0/s1. The fourth-order valence-corrected chi connectivity index (χ4v) is 1.12. The van der Waals surface area contributed by atoms with Crippen LogP contribution in [0.2, 0.25) is 19.6 Å². The Balaban J connectivity index is 4.77. The normalized spacial score (nSPS) is 17.2. The van der Waals surface area contributed by atoms with E-state index >= 15 is 0 Å². The van der Waals surface area contributed by atoms with Crippen LogP contribution in [0.1, 0.15) is 27.7 Å². The van der Waals surface area contributed by atoms with Crippen LogP contribution in [0.4, 0.5) is 0 Å². The smallest absolute Gasteiger partial charge is 0.129 e.